The van der Waals surface area contributed by atoms with Gasteiger partial charge in [0.25, 0.3) is 16.7 Å². The first-order valence-electron chi connectivity index (χ1n) is 12.3. The second kappa shape index (κ2) is 14.2. The van der Waals surface area contributed by atoms with E-state index in [0.717, 1.165) is 0 Å². The van der Waals surface area contributed by atoms with E-state index in [2.05, 4.69) is 20.5 Å². The van der Waals surface area contributed by atoms with Gasteiger partial charge in [-0.2, -0.15) is 0 Å². The molecule has 41 heavy (non-hydrogen) atoms. The molecule has 15 nitrogen and oxygen atoms in total. The van der Waals surface area contributed by atoms with E-state index >= 15 is 0 Å². The first-order chi connectivity index (χ1) is 19.6. The quantitative estimate of drug-likeness (QED) is 0.154. The van der Waals surface area contributed by atoms with Crippen LogP contribution >= 0.6 is 0 Å². The van der Waals surface area contributed by atoms with Crippen LogP contribution in [-0.2, 0) is 23.9 Å². The van der Waals surface area contributed by atoms with Crippen LogP contribution in [0.25, 0.3) is 0 Å². The molecule has 0 saturated carbocycles. The Balaban J connectivity index is 1.81. The molecule has 2 aromatic rings. The van der Waals surface area contributed by atoms with E-state index in [9.17, 15) is 34.6 Å². The normalized spacial score (nSPS) is 14.5. The fraction of sp³-hybridized carbons (Fsp3) is 0.308. The van der Waals surface area contributed by atoms with Crippen molar-refractivity contribution in [3.05, 3.63) is 103 Å². The van der Waals surface area contributed by atoms with E-state index in [1.165, 1.54) is 36.7 Å². The summed E-state index contributed by atoms with van der Waals surface area (Å²) in [5.41, 5.74) is 1.03. The fourth-order valence-electron chi connectivity index (χ4n) is 4.11. The number of hydrogen-bond donors (Lipinski definition) is 2. The molecule has 1 aliphatic rings. The molecular formula is C26H27N5O10. The highest BCUT2D eigenvalue weighted by Gasteiger charge is 2.38. The second-order valence-electron chi connectivity index (χ2n) is 8.67. The van der Waals surface area contributed by atoms with Gasteiger partial charge >= 0.3 is 11.9 Å². The predicted octanol–water partition coefficient (Wildman–Crippen LogP) is 2.34. The molecular weight excluding hydrogens is 542 g/mol. The van der Waals surface area contributed by atoms with E-state index in [0.29, 0.717) is 17.0 Å². The van der Waals surface area contributed by atoms with Crippen LogP contribution in [-0.4, -0.2) is 59.2 Å². The summed E-state index contributed by atoms with van der Waals surface area (Å²) in [7, 11) is 0. The van der Waals surface area contributed by atoms with E-state index in [1.807, 2.05) is 0 Å². The number of esters is 2. The SMILES string of the molecule is CC1=C(C(=O)OCCCO[N+](=O)[O-])[C@@H](c2cccc([N+](=O)[O-])c2)C(C(=O)OCCNC(=O)c2cccnc2)=C(C)N1. The van der Waals surface area contributed by atoms with Crippen molar-refractivity contribution in [3.8, 4) is 0 Å². The number of benzene rings is 1. The Kier molecular flexibility index (Phi) is 10.4. The van der Waals surface area contributed by atoms with Crippen LogP contribution in [0.3, 0.4) is 0 Å². The van der Waals surface area contributed by atoms with Crippen LogP contribution < -0.4 is 10.6 Å². The van der Waals surface area contributed by atoms with Crippen molar-refractivity contribution in [3.63, 3.8) is 0 Å². The third-order valence-electron chi connectivity index (χ3n) is 5.88. The number of hydrogen-bond acceptors (Lipinski definition) is 12. The number of carbonyl (C=O) groups is 3. The lowest BCUT2D eigenvalue weighted by molar-refractivity contribution is -0.757. The molecule has 1 aliphatic heterocycles. The Morgan fingerprint density at radius 2 is 1.66 bits per heavy atom. The number of ether oxygens (including phenoxy) is 2. The number of nitro benzene ring substituents is 1. The van der Waals surface area contributed by atoms with Gasteiger partial charge in [-0.1, -0.05) is 12.1 Å². The molecule has 216 valence electrons. The van der Waals surface area contributed by atoms with Crippen molar-refractivity contribution < 1.29 is 38.7 Å². The lowest BCUT2D eigenvalue weighted by Crippen LogP contribution is -2.34. The van der Waals surface area contributed by atoms with Crippen molar-refractivity contribution in [2.24, 2.45) is 0 Å². The van der Waals surface area contributed by atoms with Crippen molar-refractivity contribution in [1.82, 2.24) is 15.6 Å². The van der Waals surface area contributed by atoms with Crippen molar-refractivity contribution in [2.45, 2.75) is 26.2 Å². The van der Waals surface area contributed by atoms with Crippen LogP contribution in [0.2, 0.25) is 0 Å². The summed E-state index contributed by atoms with van der Waals surface area (Å²) >= 11 is 0. The lowest BCUT2D eigenvalue weighted by atomic mass is 9.80. The van der Waals surface area contributed by atoms with Gasteiger partial charge in [-0.05, 0) is 31.5 Å². The van der Waals surface area contributed by atoms with Crippen LogP contribution in [0, 0.1) is 20.2 Å². The summed E-state index contributed by atoms with van der Waals surface area (Å²) < 4.78 is 10.7. The highest BCUT2D eigenvalue weighted by molar-refractivity contribution is 6.00. The maximum Gasteiger partial charge on any atom is 0.336 e. The Bertz CT molecular complexity index is 1390. The Labute approximate surface area is 233 Å². The number of nitrogens with zero attached hydrogens (tertiary/aromatic N) is 3. The Morgan fingerprint density at radius 1 is 0.976 bits per heavy atom. The smallest absolute Gasteiger partial charge is 0.336 e. The standard InChI is InChI=1S/C26H27N5O10/c1-16-21(25(33)39-11-5-12-41-31(37)38)23(18-6-3-8-20(14-18)30(35)36)22(17(2)29-16)26(34)40-13-10-28-24(32)19-7-4-9-27-15-19/h3-4,6-9,14-15,23,29H,5,10-13H2,1-2H3,(H,28,32)/t23-/m1/s1. The highest BCUT2D eigenvalue weighted by Crippen LogP contribution is 2.40. The molecule has 0 radical (unpaired) electrons. The van der Waals surface area contributed by atoms with Gasteiger partial charge in [0.15, 0.2) is 0 Å². The van der Waals surface area contributed by atoms with Gasteiger partial charge in [-0.25, -0.2) is 9.59 Å². The summed E-state index contributed by atoms with van der Waals surface area (Å²) in [5.74, 6) is -3.17. The van der Waals surface area contributed by atoms with Crippen molar-refractivity contribution in [2.75, 3.05) is 26.4 Å². The predicted molar refractivity (Wildman–Crippen MR) is 140 cm³/mol. The molecule has 0 saturated heterocycles. The molecule has 3 rings (SSSR count). The van der Waals surface area contributed by atoms with Crippen LogP contribution in [0.1, 0.15) is 42.1 Å². The molecule has 15 heteroatoms. The lowest BCUT2D eigenvalue weighted by Gasteiger charge is -2.30. The third kappa shape index (κ3) is 8.08. The van der Waals surface area contributed by atoms with Crippen LogP contribution in [0.4, 0.5) is 5.69 Å². The van der Waals surface area contributed by atoms with Gasteiger partial charge in [0.05, 0.1) is 47.3 Å². The number of rotatable bonds is 13. The average Bonchev–Trinajstić information content (AvgIpc) is 2.94. The first-order valence-corrected chi connectivity index (χ1v) is 12.3. The summed E-state index contributed by atoms with van der Waals surface area (Å²) in [6, 6.07) is 8.65. The van der Waals surface area contributed by atoms with E-state index in [4.69, 9.17) is 9.47 Å². The maximum absolute atomic E-state index is 13.3. The van der Waals surface area contributed by atoms with Crippen LogP contribution in [0.5, 0.6) is 0 Å². The topological polar surface area (TPSA) is 202 Å². The number of non-ortho nitro benzene ring substituents is 1. The molecule has 0 bridgehead atoms. The third-order valence-corrected chi connectivity index (χ3v) is 5.88. The molecule has 2 heterocycles. The van der Waals surface area contributed by atoms with Crippen LogP contribution in [0.15, 0.2) is 71.3 Å². The number of amides is 1. The second-order valence-corrected chi connectivity index (χ2v) is 8.67. The monoisotopic (exact) mass is 569 g/mol. The van der Waals surface area contributed by atoms with Gasteiger partial charge < -0.3 is 24.9 Å². The highest BCUT2D eigenvalue weighted by atomic mass is 16.9. The van der Waals surface area contributed by atoms with Gasteiger partial charge in [-0.3, -0.25) is 19.9 Å². The zero-order chi connectivity index (χ0) is 29.9. The first kappa shape index (κ1) is 30.2. The van der Waals surface area contributed by atoms with E-state index in [-0.39, 0.29) is 55.2 Å². The zero-order valence-corrected chi connectivity index (χ0v) is 22.2. The average molecular weight is 570 g/mol. The van der Waals surface area contributed by atoms with Gasteiger partial charge in [-0.15, -0.1) is 10.1 Å². The van der Waals surface area contributed by atoms with Crippen molar-refractivity contribution in [1.29, 1.82) is 0 Å². The number of allylic oxidation sites excluding steroid dienone is 2. The van der Waals surface area contributed by atoms with E-state index in [1.54, 1.807) is 26.0 Å². The van der Waals surface area contributed by atoms with E-state index < -0.39 is 33.8 Å². The largest absolute Gasteiger partial charge is 0.462 e. The van der Waals surface area contributed by atoms with Gasteiger partial charge in [0, 0.05) is 42.3 Å². The number of pyridine rings is 1. The molecule has 1 aromatic heterocycles. The number of carbonyl (C=O) groups excluding carboxylic acids is 3. The van der Waals surface area contributed by atoms with Crippen molar-refractivity contribution >= 4 is 23.5 Å². The van der Waals surface area contributed by atoms with Gasteiger partial charge in [0.1, 0.15) is 6.61 Å². The molecule has 0 aliphatic carbocycles. The fourth-order valence-corrected chi connectivity index (χ4v) is 4.11. The molecule has 2 N–H and O–H groups in total. The molecule has 1 amide bonds. The number of aromatic nitrogens is 1. The minimum absolute atomic E-state index is 0.00289. The number of nitrogens with one attached hydrogen (secondary N) is 2. The molecule has 0 spiro atoms. The minimum atomic E-state index is -1.10. The number of dihydropyridines is 1. The zero-order valence-electron chi connectivity index (χ0n) is 22.2. The summed E-state index contributed by atoms with van der Waals surface area (Å²) in [6.07, 6.45) is 2.94. The summed E-state index contributed by atoms with van der Waals surface area (Å²) in [4.78, 5) is 68.0. The maximum atomic E-state index is 13.3. The molecule has 0 fully saturated rings. The summed E-state index contributed by atoms with van der Waals surface area (Å²) in [6.45, 7) is 2.43. The minimum Gasteiger partial charge on any atom is -0.462 e. The summed E-state index contributed by atoms with van der Waals surface area (Å²) in [5, 5.41) is 26.4. The molecule has 1 atom stereocenters. The molecule has 1 aromatic carbocycles. The van der Waals surface area contributed by atoms with Gasteiger partial charge in [0.2, 0.25) is 0 Å². The Hall–Kier alpha value is -5.34. The molecule has 0 unspecified atom stereocenters. The number of nitro groups is 1. The Morgan fingerprint density at radius 3 is 2.27 bits per heavy atom.